The number of hydrogen-bond acceptors (Lipinski definition) is 6. The van der Waals surface area contributed by atoms with Crippen LogP contribution in [0.15, 0.2) is 48.5 Å². The number of rotatable bonds is 7. The zero-order valence-electron chi connectivity index (χ0n) is 18.3. The zero-order chi connectivity index (χ0) is 22.5. The number of halogens is 1. The summed E-state index contributed by atoms with van der Waals surface area (Å²) in [5, 5.41) is 1.72. The van der Waals surface area contributed by atoms with Gasteiger partial charge in [0.1, 0.15) is 5.01 Å². The first-order valence-corrected chi connectivity index (χ1v) is 12.0. The van der Waals surface area contributed by atoms with Crippen LogP contribution in [0, 0.1) is 12.8 Å². The molecular weight excluding hydrogens is 444 g/mol. The minimum absolute atomic E-state index is 0.304. The Hall–Kier alpha value is -2.41. The summed E-state index contributed by atoms with van der Waals surface area (Å²) in [5.41, 5.74) is 3.74. The van der Waals surface area contributed by atoms with Crippen molar-refractivity contribution < 1.29 is 14.3 Å². The second-order valence-corrected chi connectivity index (χ2v) is 9.57. The number of nitrogens with zero attached hydrogens (tertiary/aromatic N) is 2. The predicted molar refractivity (Wildman–Crippen MR) is 130 cm³/mol. The summed E-state index contributed by atoms with van der Waals surface area (Å²) in [6.45, 7) is 5.22. The lowest BCUT2D eigenvalue weighted by Gasteiger charge is -2.34. The number of piperidine rings is 1. The van der Waals surface area contributed by atoms with Gasteiger partial charge in [0.2, 0.25) is 0 Å². The van der Waals surface area contributed by atoms with E-state index in [9.17, 15) is 4.79 Å². The highest BCUT2D eigenvalue weighted by Crippen LogP contribution is 2.30. The molecule has 1 aliphatic heterocycles. The van der Waals surface area contributed by atoms with Crippen molar-refractivity contribution in [3.05, 3.63) is 69.7 Å². The molecule has 2 aromatic carbocycles. The van der Waals surface area contributed by atoms with Gasteiger partial charge in [-0.2, -0.15) is 0 Å². The van der Waals surface area contributed by atoms with Crippen molar-refractivity contribution in [3.63, 3.8) is 0 Å². The fourth-order valence-corrected chi connectivity index (χ4v) is 5.11. The van der Waals surface area contributed by atoms with Gasteiger partial charge in [-0.1, -0.05) is 29.8 Å². The van der Waals surface area contributed by atoms with E-state index in [1.165, 1.54) is 7.11 Å². The fourth-order valence-electron chi connectivity index (χ4n) is 3.98. The van der Waals surface area contributed by atoms with Gasteiger partial charge in [0.05, 0.1) is 36.5 Å². The molecule has 0 radical (unpaired) electrons. The molecule has 0 saturated carbocycles. The highest BCUT2D eigenvalue weighted by molar-refractivity contribution is 7.15. The van der Waals surface area contributed by atoms with Crippen LogP contribution in [0.25, 0.3) is 10.6 Å². The molecule has 0 spiro atoms. The molecule has 1 atom stereocenters. The van der Waals surface area contributed by atoms with Gasteiger partial charge < -0.3 is 14.4 Å². The minimum atomic E-state index is -0.304. The summed E-state index contributed by atoms with van der Waals surface area (Å²) < 4.78 is 11.0. The molecule has 0 amide bonds. The van der Waals surface area contributed by atoms with Gasteiger partial charge in [0.25, 0.3) is 0 Å². The van der Waals surface area contributed by atoms with Gasteiger partial charge in [0, 0.05) is 29.4 Å². The Labute approximate surface area is 198 Å². The van der Waals surface area contributed by atoms with Crippen molar-refractivity contribution in [3.8, 4) is 10.6 Å². The molecule has 1 fully saturated rings. The van der Waals surface area contributed by atoms with Crippen LogP contribution in [-0.4, -0.2) is 37.8 Å². The van der Waals surface area contributed by atoms with Crippen molar-refractivity contribution in [2.24, 2.45) is 5.92 Å². The molecule has 32 heavy (non-hydrogen) atoms. The minimum Gasteiger partial charge on any atom is -0.465 e. The number of ether oxygens (including phenoxy) is 2. The van der Waals surface area contributed by atoms with Crippen molar-refractivity contribution in [1.29, 1.82) is 0 Å². The summed E-state index contributed by atoms with van der Waals surface area (Å²) in [4.78, 5) is 20.1. The van der Waals surface area contributed by atoms with E-state index in [0.717, 1.165) is 57.8 Å². The Morgan fingerprint density at radius 2 is 2.06 bits per heavy atom. The lowest BCUT2D eigenvalue weighted by atomic mass is 9.98. The predicted octanol–water partition coefficient (Wildman–Crippen LogP) is 5.99. The fraction of sp³-hybridized carbons (Fsp3) is 0.360. The number of carbonyl (C=O) groups is 1. The van der Waals surface area contributed by atoms with Crippen LogP contribution in [0.1, 0.15) is 33.8 Å². The quantitative estimate of drug-likeness (QED) is 0.397. The molecule has 1 aromatic heterocycles. The molecule has 2 heterocycles. The van der Waals surface area contributed by atoms with Crippen molar-refractivity contribution in [2.45, 2.75) is 26.4 Å². The normalized spacial score (nSPS) is 16.2. The number of esters is 1. The molecule has 0 aliphatic carbocycles. The number of carbonyl (C=O) groups excluding carboxylic acids is 1. The Kier molecular flexibility index (Phi) is 7.45. The van der Waals surface area contributed by atoms with Gasteiger partial charge in [-0.15, -0.1) is 11.3 Å². The molecule has 0 bridgehead atoms. The second-order valence-electron chi connectivity index (χ2n) is 8.05. The van der Waals surface area contributed by atoms with Crippen LogP contribution in [0.4, 0.5) is 5.69 Å². The summed E-state index contributed by atoms with van der Waals surface area (Å²) in [6, 6.07) is 15.4. The van der Waals surface area contributed by atoms with Gasteiger partial charge in [-0.3, -0.25) is 0 Å². The van der Waals surface area contributed by atoms with Crippen LogP contribution >= 0.6 is 22.9 Å². The molecule has 4 rings (SSSR count). The highest BCUT2D eigenvalue weighted by Gasteiger charge is 2.21. The number of aromatic nitrogens is 1. The van der Waals surface area contributed by atoms with Crippen LogP contribution in [0.5, 0.6) is 0 Å². The van der Waals surface area contributed by atoms with Crippen LogP contribution < -0.4 is 4.90 Å². The van der Waals surface area contributed by atoms with E-state index in [2.05, 4.69) is 11.0 Å². The molecule has 1 saturated heterocycles. The lowest BCUT2D eigenvalue weighted by Crippen LogP contribution is -2.37. The summed E-state index contributed by atoms with van der Waals surface area (Å²) in [6.07, 6.45) is 2.25. The van der Waals surface area contributed by atoms with E-state index in [-0.39, 0.29) is 5.97 Å². The third kappa shape index (κ3) is 5.49. The summed E-state index contributed by atoms with van der Waals surface area (Å²) in [5.74, 6) is 0.149. The first kappa shape index (κ1) is 22.8. The molecule has 5 nitrogen and oxygen atoms in total. The van der Waals surface area contributed by atoms with E-state index < -0.39 is 0 Å². The first-order chi connectivity index (χ1) is 15.5. The first-order valence-electron chi connectivity index (χ1n) is 10.8. The maximum absolute atomic E-state index is 11.9. The molecule has 168 valence electrons. The molecule has 0 N–H and O–H groups in total. The topological polar surface area (TPSA) is 51.7 Å². The Morgan fingerprint density at radius 3 is 2.84 bits per heavy atom. The molecule has 7 heteroatoms. The third-order valence-corrected chi connectivity index (χ3v) is 7.15. The molecule has 1 aliphatic rings. The van der Waals surface area contributed by atoms with Gasteiger partial charge in [-0.05, 0) is 56.0 Å². The van der Waals surface area contributed by atoms with E-state index >= 15 is 0 Å². The Morgan fingerprint density at radius 1 is 1.25 bits per heavy atom. The standard InChI is InChI=1S/C25H27ClN2O3S/c1-17-23(32-24(27-17)19-8-10-21(26)11-9-19)16-31-15-18-5-4-12-28(14-18)22-7-3-6-20(13-22)25(29)30-2/h3,6-11,13,18H,4-5,12,14-16H2,1-2H3. The summed E-state index contributed by atoms with van der Waals surface area (Å²) >= 11 is 7.67. The van der Waals surface area contributed by atoms with E-state index in [4.69, 9.17) is 26.1 Å². The Bertz CT molecular complexity index is 1070. The second kappa shape index (κ2) is 10.5. The molecule has 1 unspecified atom stereocenters. The Balaban J connectivity index is 1.33. The van der Waals surface area contributed by atoms with Gasteiger partial charge in [0.15, 0.2) is 0 Å². The monoisotopic (exact) mass is 470 g/mol. The number of methoxy groups -OCH3 is 1. The molecular formula is C25H27ClN2O3S. The molecule has 3 aromatic rings. The number of anilines is 1. The van der Waals surface area contributed by atoms with Crippen molar-refractivity contribution >= 4 is 34.6 Å². The number of aryl methyl sites for hydroxylation is 1. The smallest absolute Gasteiger partial charge is 0.337 e. The SMILES string of the molecule is COC(=O)c1cccc(N2CCCC(COCc3sc(-c4ccc(Cl)cc4)nc3C)C2)c1. The van der Waals surface area contributed by atoms with Crippen LogP contribution in [-0.2, 0) is 16.1 Å². The largest absolute Gasteiger partial charge is 0.465 e. The van der Waals surface area contributed by atoms with E-state index in [1.807, 2.05) is 43.3 Å². The number of benzene rings is 2. The highest BCUT2D eigenvalue weighted by atomic mass is 35.5. The van der Waals surface area contributed by atoms with Crippen molar-refractivity contribution in [1.82, 2.24) is 4.98 Å². The maximum Gasteiger partial charge on any atom is 0.337 e. The summed E-state index contributed by atoms with van der Waals surface area (Å²) in [7, 11) is 1.41. The number of hydrogen-bond donors (Lipinski definition) is 0. The van der Waals surface area contributed by atoms with E-state index in [0.29, 0.717) is 24.7 Å². The average molecular weight is 471 g/mol. The lowest BCUT2D eigenvalue weighted by molar-refractivity contribution is 0.0600. The zero-order valence-corrected chi connectivity index (χ0v) is 19.9. The third-order valence-electron chi connectivity index (χ3n) is 5.72. The van der Waals surface area contributed by atoms with Crippen LogP contribution in [0.2, 0.25) is 5.02 Å². The number of thiazole rings is 1. The maximum atomic E-state index is 11.9. The van der Waals surface area contributed by atoms with Gasteiger partial charge in [-0.25, -0.2) is 9.78 Å². The van der Waals surface area contributed by atoms with E-state index in [1.54, 1.807) is 17.4 Å². The average Bonchev–Trinajstić information content (AvgIpc) is 3.19. The van der Waals surface area contributed by atoms with Gasteiger partial charge >= 0.3 is 5.97 Å². The van der Waals surface area contributed by atoms with Crippen LogP contribution in [0.3, 0.4) is 0 Å². The van der Waals surface area contributed by atoms with Crippen molar-refractivity contribution in [2.75, 3.05) is 31.7 Å².